The number of halogens is 1. The Morgan fingerprint density at radius 1 is 1.33 bits per heavy atom. The van der Waals surface area contributed by atoms with Crippen LogP contribution in [0, 0.1) is 5.41 Å². The van der Waals surface area contributed by atoms with Crippen molar-refractivity contribution < 1.29 is 8.42 Å². The van der Waals surface area contributed by atoms with E-state index < -0.39 is 10.0 Å². The monoisotopic (exact) mass is 253 g/mol. The van der Waals surface area contributed by atoms with Crippen LogP contribution in [0.2, 0.25) is 0 Å². The molecule has 0 aromatic heterocycles. The molecule has 0 radical (unpaired) electrons. The van der Waals surface area contributed by atoms with E-state index >= 15 is 0 Å². The van der Waals surface area contributed by atoms with Crippen LogP contribution in [0.15, 0.2) is 0 Å². The van der Waals surface area contributed by atoms with Crippen LogP contribution in [0.3, 0.4) is 0 Å². The van der Waals surface area contributed by atoms with Crippen LogP contribution in [-0.4, -0.2) is 25.6 Å². The molecule has 0 aromatic rings. The highest BCUT2D eigenvalue weighted by molar-refractivity contribution is 7.89. The van der Waals surface area contributed by atoms with Crippen molar-refractivity contribution in [2.75, 3.05) is 5.75 Å². The average Bonchev–Trinajstić information content (AvgIpc) is 1.97. The van der Waals surface area contributed by atoms with Crippen molar-refractivity contribution in [3.8, 4) is 0 Å². The van der Waals surface area contributed by atoms with Crippen molar-refractivity contribution in [2.45, 2.75) is 51.5 Å². The van der Waals surface area contributed by atoms with Crippen molar-refractivity contribution in [1.29, 1.82) is 0 Å². The van der Waals surface area contributed by atoms with Crippen molar-refractivity contribution >= 4 is 21.6 Å². The zero-order valence-corrected chi connectivity index (χ0v) is 11.2. The molecule has 1 fully saturated rings. The molecule has 1 aliphatic carbocycles. The second kappa shape index (κ2) is 4.60. The van der Waals surface area contributed by atoms with E-state index in [1.807, 2.05) is 20.8 Å². The molecule has 90 valence electrons. The maximum atomic E-state index is 11.6. The third-order valence-electron chi connectivity index (χ3n) is 2.55. The normalized spacial score (nSPS) is 27.5. The van der Waals surface area contributed by atoms with Crippen LogP contribution in [0.25, 0.3) is 0 Å². The van der Waals surface area contributed by atoms with Crippen LogP contribution in [-0.2, 0) is 10.0 Å². The molecule has 0 aromatic carbocycles. The molecule has 1 N–H and O–H groups in total. The fourth-order valence-electron chi connectivity index (χ4n) is 1.40. The molecule has 0 amide bonds. The quantitative estimate of drug-likeness (QED) is 0.780. The molecule has 1 saturated carbocycles. The molecule has 0 aliphatic heterocycles. The van der Waals surface area contributed by atoms with E-state index in [0.717, 1.165) is 12.8 Å². The summed E-state index contributed by atoms with van der Waals surface area (Å²) in [6, 6.07) is 0.0671. The number of nitrogens with one attached hydrogen (secondary N) is 1. The van der Waals surface area contributed by atoms with E-state index in [2.05, 4.69) is 4.72 Å². The minimum absolute atomic E-state index is 0.0589. The predicted octanol–water partition coefficient (Wildman–Crippen LogP) is 2.11. The van der Waals surface area contributed by atoms with Gasteiger partial charge in [0.2, 0.25) is 10.0 Å². The highest BCUT2D eigenvalue weighted by atomic mass is 35.5. The van der Waals surface area contributed by atoms with Gasteiger partial charge in [-0.1, -0.05) is 20.8 Å². The molecule has 0 saturated heterocycles. The lowest BCUT2D eigenvalue weighted by Crippen LogP contribution is -2.45. The Kier molecular flexibility index (Phi) is 4.07. The van der Waals surface area contributed by atoms with Gasteiger partial charge in [-0.25, -0.2) is 13.1 Å². The summed E-state index contributed by atoms with van der Waals surface area (Å²) in [6.45, 7) is 6.13. The van der Waals surface area contributed by atoms with Crippen molar-refractivity contribution in [3.63, 3.8) is 0 Å². The van der Waals surface area contributed by atoms with Gasteiger partial charge in [-0.05, 0) is 24.7 Å². The Balaban J connectivity index is 2.33. The average molecular weight is 254 g/mol. The first-order chi connectivity index (χ1) is 6.68. The Morgan fingerprint density at radius 3 is 2.27 bits per heavy atom. The van der Waals surface area contributed by atoms with E-state index in [9.17, 15) is 8.42 Å². The number of alkyl halides is 1. The fraction of sp³-hybridized carbons (Fsp3) is 1.00. The van der Waals surface area contributed by atoms with Gasteiger partial charge in [0.15, 0.2) is 0 Å². The van der Waals surface area contributed by atoms with Gasteiger partial charge in [-0.15, -0.1) is 11.6 Å². The minimum atomic E-state index is -3.11. The van der Waals surface area contributed by atoms with Crippen LogP contribution in [0.1, 0.15) is 40.0 Å². The van der Waals surface area contributed by atoms with Crippen molar-refractivity contribution in [2.24, 2.45) is 5.41 Å². The molecule has 0 bridgehead atoms. The summed E-state index contributed by atoms with van der Waals surface area (Å²) in [4.78, 5) is 0. The van der Waals surface area contributed by atoms with Crippen LogP contribution < -0.4 is 4.72 Å². The maximum Gasteiger partial charge on any atom is 0.211 e. The van der Waals surface area contributed by atoms with Crippen LogP contribution in [0.5, 0.6) is 0 Å². The van der Waals surface area contributed by atoms with Gasteiger partial charge >= 0.3 is 0 Å². The second-order valence-electron chi connectivity index (χ2n) is 5.51. The number of rotatable bonds is 4. The summed E-state index contributed by atoms with van der Waals surface area (Å²) >= 11 is 5.79. The van der Waals surface area contributed by atoms with Crippen molar-refractivity contribution in [3.05, 3.63) is 0 Å². The maximum absolute atomic E-state index is 11.6. The summed E-state index contributed by atoms with van der Waals surface area (Å²) in [7, 11) is -3.11. The molecule has 15 heavy (non-hydrogen) atoms. The third kappa shape index (κ3) is 5.18. The molecule has 0 spiro atoms. The number of sulfonamides is 1. The summed E-state index contributed by atoms with van der Waals surface area (Å²) < 4.78 is 25.9. The fourth-order valence-corrected chi connectivity index (χ4v) is 3.53. The van der Waals surface area contributed by atoms with E-state index in [0.29, 0.717) is 6.42 Å². The first-order valence-electron chi connectivity index (χ1n) is 5.32. The van der Waals surface area contributed by atoms with Gasteiger partial charge < -0.3 is 0 Å². The standard InChI is InChI=1S/C10H20ClNO2S/c1-10(2,3)4-5-15(13,14)12-9-6-8(11)7-9/h8-9,12H,4-7H2,1-3H3. The smallest absolute Gasteiger partial charge is 0.211 e. The summed E-state index contributed by atoms with van der Waals surface area (Å²) in [5, 5.41) is 0.153. The first kappa shape index (κ1) is 13.3. The SMILES string of the molecule is CC(C)(C)CCS(=O)(=O)NC1CC(Cl)C1. The summed E-state index contributed by atoms with van der Waals surface area (Å²) in [6.07, 6.45) is 2.20. The summed E-state index contributed by atoms with van der Waals surface area (Å²) in [5.74, 6) is 0.208. The lowest BCUT2D eigenvalue weighted by Gasteiger charge is -2.31. The van der Waals surface area contributed by atoms with Crippen molar-refractivity contribution in [1.82, 2.24) is 4.72 Å². The van der Waals surface area contributed by atoms with Gasteiger partial charge in [0.05, 0.1) is 5.75 Å². The Hall–Kier alpha value is 0.200. The lowest BCUT2D eigenvalue weighted by molar-refractivity contribution is 0.379. The van der Waals surface area contributed by atoms with E-state index in [4.69, 9.17) is 11.6 Å². The molecule has 0 atom stereocenters. The highest BCUT2D eigenvalue weighted by Gasteiger charge is 2.30. The second-order valence-corrected chi connectivity index (χ2v) is 8.00. The Bertz CT molecular complexity index is 302. The highest BCUT2D eigenvalue weighted by Crippen LogP contribution is 2.26. The largest absolute Gasteiger partial charge is 0.212 e. The number of hydrogen-bond acceptors (Lipinski definition) is 2. The Morgan fingerprint density at radius 2 is 1.87 bits per heavy atom. The molecule has 3 nitrogen and oxygen atoms in total. The molecule has 1 aliphatic rings. The topological polar surface area (TPSA) is 46.2 Å². The first-order valence-corrected chi connectivity index (χ1v) is 7.41. The molecule has 0 unspecified atom stereocenters. The van der Waals surface area contributed by atoms with E-state index in [-0.39, 0.29) is 22.6 Å². The van der Waals surface area contributed by atoms with Gasteiger partial charge in [0, 0.05) is 11.4 Å². The molecule has 1 rings (SSSR count). The zero-order valence-electron chi connectivity index (χ0n) is 9.59. The molecular formula is C10H20ClNO2S. The lowest BCUT2D eigenvalue weighted by atomic mass is 9.93. The minimum Gasteiger partial charge on any atom is -0.212 e. The van der Waals surface area contributed by atoms with Gasteiger partial charge in [0.1, 0.15) is 0 Å². The Labute approximate surface area is 97.6 Å². The van der Waals surface area contributed by atoms with Crippen LogP contribution in [0.4, 0.5) is 0 Å². The molecular weight excluding hydrogens is 234 g/mol. The van der Waals surface area contributed by atoms with Gasteiger partial charge in [-0.3, -0.25) is 0 Å². The molecule has 5 heteroatoms. The number of hydrogen-bond donors (Lipinski definition) is 1. The van der Waals surface area contributed by atoms with Gasteiger partial charge in [0.25, 0.3) is 0 Å². The zero-order chi connectivity index (χ0) is 11.7. The van der Waals surface area contributed by atoms with E-state index in [1.54, 1.807) is 0 Å². The van der Waals surface area contributed by atoms with Gasteiger partial charge in [-0.2, -0.15) is 0 Å². The third-order valence-corrected chi connectivity index (χ3v) is 4.34. The predicted molar refractivity (Wildman–Crippen MR) is 63.7 cm³/mol. The van der Waals surface area contributed by atoms with E-state index in [1.165, 1.54) is 0 Å². The van der Waals surface area contributed by atoms with Crippen LogP contribution >= 0.6 is 11.6 Å². The molecule has 0 heterocycles. The summed E-state index contributed by atoms with van der Waals surface area (Å²) in [5.41, 5.74) is 0.0589.